The van der Waals surface area contributed by atoms with E-state index in [9.17, 15) is 9.50 Å². The molecule has 0 aliphatic heterocycles. The first-order valence-electron chi connectivity index (χ1n) is 4.93. The van der Waals surface area contributed by atoms with Crippen molar-refractivity contribution in [3.63, 3.8) is 0 Å². The number of furan rings is 1. The molecule has 90 valence electrons. The van der Waals surface area contributed by atoms with Crippen LogP contribution in [0, 0.1) is 5.82 Å². The number of rotatable bonds is 3. The van der Waals surface area contributed by atoms with E-state index < -0.39 is 6.10 Å². The van der Waals surface area contributed by atoms with Crippen molar-refractivity contribution in [1.82, 2.24) is 0 Å². The Morgan fingerprint density at radius 3 is 2.65 bits per heavy atom. The number of halogens is 3. The molecule has 0 saturated heterocycles. The number of hydrogen-bond donors (Lipinski definition) is 1. The second kappa shape index (κ2) is 5.33. The monoisotopic (exact) mass is 362 g/mol. The number of aliphatic hydroxyl groups is 1. The Morgan fingerprint density at radius 1 is 1.29 bits per heavy atom. The van der Waals surface area contributed by atoms with Crippen LogP contribution in [-0.2, 0) is 6.42 Å². The quantitative estimate of drug-likeness (QED) is 0.885. The first-order valence-corrected chi connectivity index (χ1v) is 6.52. The summed E-state index contributed by atoms with van der Waals surface area (Å²) in [5, 5.41) is 9.94. The Kier molecular flexibility index (Phi) is 4.01. The zero-order valence-corrected chi connectivity index (χ0v) is 11.8. The van der Waals surface area contributed by atoms with Crippen LogP contribution in [0.15, 0.2) is 43.9 Å². The van der Waals surface area contributed by atoms with E-state index in [-0.39, 0.29) is 5.82 Å². The molecule has 1 unspecified atom stereocenters. The molecule has 0 saturated carbocycles. The Bertz CT molecular complexity index is 505. The van der Waals surface area contributed by atoms with E-state index in [0.717, 1.165) is 10.0 Å². The van der Waals surface area contributed by atoms with Crippen LogP contribution in [-0.4, -0.2) is 5.11 Å². The molecule has 5 heteroatoms. The predicted molar refractivity (Wildman–Crippen MR) is 69.2 cm³/mol. The maximum atomic E-state index is 13.0. The van der Waals surface area contributed by atoms with Crippen LogP contribution in [0.3, 0.4) is 0 Å². The number of benzene rings is 1. The van der Waals surface area contributed by atoms with Crippen molar-refractivity contribution in [2.24, 2.45) is 0 Å². The van der Waals surface area contributed by atoms with E-state index in [1.807, 2.05) is 0 Å². The molecule has 0 radical (unpaired) electrons. The third-order valence-corrected chi connectivity index (χ3v) is 4.02. The minimum absolute atomic E-state index is 0.309. The minimum atomic E-state index is -0.792. The molecule has 17 heavy (non-hydrogen) atoms. The van der Waals surface area contributed by atoms with Crippen molar-refractivity contribution >= 4 is 31.9 Å². The molecular formula is C12H9Br2FO2. The second-order valence-electron chi connectivity index (χ2n) is 3.62. The highest BCUT2D eigenvalue weighted by Crippen LogP contribution is 2.31. The Hall–Kier alpha value is -0.650. The Morgan fingerprint density at radius 2 is 2.06 bits per heavy atom. The molecule has 1 heterocycles. The van der Waals surface area contributed by atoms with Crippen molar-refractivity contribution in [3.05, 3.63) is 56.6 Å². The van der Waals surface area contributed by atoms with Gasteiger partial charge in [0.05, 0.1) is 4.47 Å². The van der Waals surface area contributed by atoms with Gasteiger partial charge >= 0.3 is 0 Å². The van der Waals surface area contributed by atoms with Gasteiger partial charge in [0.1, 0.15) is 17.7 Å². The summed E-state index contributed by atoms with van der Waals surface area (Å²) in [6.07, 6.45) is -0.483. The van der Waals surface area contributed by atoms with Crippen LogP contribution < -0.4 is 0 Å². The maximum absolute atomic E-state index is 13.0. The van der Waals surface area contributed by atoms with Crippen molar-refractivity contribution in [2.75, 3.05) is 0 Å². The van der Waals surface area contributed by atoms with Gasteiger partial charge in [-0.2, -0.15) is 0 Å². The van der Waals surface area contributed by atoms with Crippen molar-refractivity contribution in [2.45, 2.75) is 12.5 Å². The third kappa shape index (κ3) is 3.18. The van der Waals surface area contributed by atoms with E-state index in [2.05, 4.69) is 31.9 Å². The summed E-state index contributed by atoms with van der Waals surface area (Å²) in [6.45, 7) is 0. The van der Waals surface area contributed by atoms with E-state index in [0.29, 0.717) is 16.9 Å². The average molecular weight is 364 g/mol. The zero-order valence-electron chi connectivity index (χ0n) is 8.66. The molecule has 2 nitrogen and oxygen atoms in total. The summed E-state index contributed by atoms with van der Waals surface area (Å²) in [7, 11) is 0. The average Bonchev–Trinajstić information content (AvgIpc) is 2.59. The highest BCUT2D eigenvalue weighted by Gasteiger charge is 2.15. The molecule has 1 aromatic heterocycles. The van der Waals surface area contributed by atoms with Crippen LogP contribution in [0.2, 0.25) is 0 Å². The molecule has 0 bridgehead atoms. The van der Waals surface area contributed by atoms with Gasteiger partial charge in [0.25, 0.3) is 0 Å². The lowest BCUT2D eigenvalue weighted by Gasteiger charge is -2.07. The normalized spacial score (nSPS) is 12.7. The fourth-order valence-corrected chi connectivity index (χ4v) is 2.12. The van der Waals surface area contributed by atoms with Crippen molar-refractivity contribution in [3.8, 4) is 0 Å². The van der Waals surface area contributed by atoms with E-state index >= 15 is 0 Å². The summed E-state index contributed by atoms with van der Waals surface area (Å²) in [6, 6.07) is 7.84. The number of aliphatic hydroxyl groups excluding tert-OH is 1. The van der Waals surface area contributed by atoms with Gasteiger partial charge in [0, 0.05) is 6.42 Å². The molecule has 0 aliphatic carbocycles. The first-order chi connectivity index (χ1) is 8.06. The summed E-state index contributed by atoms with van der Waals surface area (Å²) in [5.74, 6) is 0.129. The fourth-order valence-electron chi connectivity index (χ4n) is 1.52. The van der Waals surface area contributed by atoms with Gasteiger partial charge in [-0.1, -0.05) is 12.1 Å². The highest BCUT2D eigenvalue weighted by atomic mass is 79.9. The minimum Gasteiger partial charge on any atom is -0.450 e. The van der Waals surface area contributed by atoms with E-state index in [1.165, 1.54) is 12.1 Å². The molecule has 0 aliphatic rings. The number of hydrogen-bond acceptors (Lipinski definition) is 2. The van der Waals surface area contributed by atoms with Gasteiger partial charge in [-0.25, -0.2) is 4.39 Å². The summed E-state index contributed by atoms with van der Waals surface area (Å²) in [5.41, 5.74) is 0.723. The van der Waals surface area contributed by atoms with Gasteiger partial charge < -0.3 is 9.52 Å². The lowest BCUT2D eigenvalue weighted by atomic mass is 10.1. The zero-order chi connectivity index (χ0) is 12.4. The van der Waals surface area contributed by atoms with Crippen molar-refractivity contribution in [1.29, 1.82) is 0 Å². The lowest BCUT2D eigenvalue weighted by molar-refractivity contribution is 0.148. The first kappa shape index (κ1) is 12.8. The van der Waals surface area contributed by atoms with Gasteiger partial charge in [-0.15, -0.1) is 0 Å². The van der Waals surface area contributed by atoms with Gasteiger partial charge in [0.2, 0.25) is 0 Å². The van der Waals surface area contributed by atoms with E-state index in [1.54, 1.807) is 18.2 Å². The molecule has 0 amide bonds. The molecular weight excluding hydrogens is 355 g/mol. The Balaban J connectivity index is 2.14. The fraction of sp³-hybridized carbons (Fsp3) is 0.167. The molecule has 1 aromatic carbocycles. The summed E-state index contributed by atoms with van der Waals surface area (Å²) in [4.78, 5) is 0. The second-order valence-corrected chi connectivity index (χ2v) is 5.19. The summed E-state index contributed by atoms with van der Waals surface area (Å²) >= 11 is 6.47. The van der Waals surface area contributed by atoms with Crippen LogP contribution >= 0.6 is 31.9 Å². The molecule has 1 N–H and O–H groups in total. The maximum Gasteiger partial charge on any atom is 0.183 e. The van der Waals surface area contributed by atoms with Crippen LogP contribution in [0.4, 0.5) is 4.39 Å². The predicted octanol–water partition coefficient (Wildman–Crippen LogP) is 4.22. The molecule has 0 fully saturated rings. The topological polar surface area (TPSA) is 33.4 Å². The Labute approximate surface area is 115 Å². The van der Waals surface area contributed by atoms with Crippen LogP contribution in [0.5, 0.6) is 0 Å². The van der Waals surface area contributed by atoms with Crippen LogP contribution in [0.1, 0.15) is 17.4 Å². The lowest BCUT2D eigenvalue weighted by Crippen LogP contribution is -2.00. The molecule has 2 rings (SSSR count). The smallest absolute Gasteiger partial charge is 0.183 e. The van der Waals surface area contributed by atoms with Crippen molar-refractivity contribution < 1.29 is 13.9 Å². The van der Waals surface area contributed by atoms with Gasteiger partial charge in [-0.3, -0.25) is 0 Å². The molecule has 0 spiro atoms. The van der Waals surface area contributed by atoms with Crippen LogP contribution in [0.25, 0.3) is 0 Å². The van der Waals surface area contributed by atoms with E-state index in [4.69, 9.17) is 4.42 Å². The standard InChI is InChI=1S/C12H9Br2FO2/c13-9-6-11(17-12(9)14)10(16)5-7-2-1-3-8(15)4-7/h1-4,6,10,16H,5H2. The molecule has 1 atom stereocenters. The van der Waals surface area contributed by atoms with Gasteiger partial charge in [0.15, 0.2) is 4.67 Å². The molecule has 2 aromatic rings. The largest absolute Gasteiger partial charge is 0.450 e. The van der Waals surface area contributed by atoms with Gasteiger partial charge in [-0.05, 0) is 55.6 Å². The SMILES string of the molecule is OC(Cc1cccc(F)c1)c1cc(Br)c(Br)o1. The third-order valence-electron chi connectivity index (χ3n) is 2.31. The summed E-state index contributed by atoms with van der Waals surface area (Å²) < 4.78 is 19.5. The highest BCUT2D eigenvalue weighted by molar-refractivity contribution is 9.13.